The molecule has 1 unspecified atom stereocenters. The van der Waals surface area contributed by atoms with Gasteiger partial charge in [0, 0.05) is 23.5 Å². The Morgan fingerprint density at radius 1 is 1.00 bits per heavy atom. The quantitative estimate of drug-likeness (QED) is 0.290. The summed E-state index contributed by atoms with van der Waals surface area (Å²) < 4.78 is 40.7. The predicted molar refractivity (Wildman–Crippen MR) is 120 cm³/mol. The van der Waals surface area contributed by atoms with Crippen LogP contribution in [0.2, 0.25) is 0 Å². The number of rotatable bonds is 7. The molecule has 1 fully saturated rings. The fourth-order valence-corrected chi connectivity index (χ4v) is 4.51. The molecule has 5 rings (SSSR count). The molecule has 3 heterocycles. The van der Waals surface area contributed by atoms with Crippen LogP contribution < -0.4 is 0 Å². The maximum Gasteiger partial charge on any atom is 0.273 e. The van der Waals surface area contributed by atoms with E-state index in [4.69, 9.17) is 0 Å². The Bertz CT molecular complexity index is 1250. The van der Waals surface area contributed by atoms with Gasteiger partial charge >= 0.3 is 0 Å². The van der Waals surface area contributed by atoms with Crippen molar-refractivity contribution in [2.45, 2.75) is 43.2 Å². The third-order valence-electron chi connectivity index (χ3n) is 5.56. The Hall–Kier alpha value is -2.87. The molecule has 4 nitrogen and oxygen atoms in total. The number of aromatic nitrogens is 4. The van der Waals surface area contributed by atoms with Gasteiger partial charge in [-0.25, -0.2) is 22.8 Å². The van der Waals surface area contributed by atoms with Gasteiger partial charge in [-0.1, -0.05) is 31.2 Å². The monoisotopic (exact) mass is 454 g/mol. The molecular formula is C24H21F3N4S. The first-order valence-electron chi connectivity index (χ1n) is 10.5. The van der Waals surface area contributed by atoms with Gasteiger partial charge in [0.15, 0.2) is 12.0 Å². The van der Waals surface area contributed by atoms with Crippen LogP contribution in [0, 0.1) is 0 Å². The molecule has 3 aromatic heterocycles. The Kier molecular flexibility index (Phi) is 5.63. The van der Waals surface area contributed by atoms with E-state index in [-0.39, 0.29) is 5.56 Å². The highest BCUT2D eigenvalue weighted by Gasteiger charge is 2.24. The second kappa shape index (κ2) is 8.58. The van der Waals surface area contributed by atoms with E-state index in [1.165, 1.54) is 24.5 Å². The molecule has 0 saturated heterocycles. The van der Waals surface area contributed by atoms with E-state index >= 15 is 0 Å². The number of hydrogen-bond acceptors (Lipinski definition) is 4. The number of benzene rings is 1. The molecule has 0 aliphatic heterocycles. The van der Waals surface area contributed by atoms with Gasteiger partial charge in [0.25, 0.3) is 6.43 Å². The minimum absolute atomic E-state index is 0.182. The van der Waals surface area contributed by atoms with Crippen molar-refractivity contribution in [3.05, 3.63) is 66.1 Å². The van der Waals surface area contributed by atoms with Gasteiger partial charge in [-0.3, -0.25) is 4.98 Å². The number of hydrogen-bond donors (Lipinski definition) is 0. The third kappa shape index (κ3) is 4.11. The Morgan fingerprint density at radius 2 is 1.78 bits per heavy atom. The van der Waals surface area contributed by atoms with E-state index < -0.39 is 12.6 Å². The Balaban J connectivity index is 1.50. The molecule has 1 aromatic carbocycles. The fourth-order valence-electron chi connectivity index (χ4n) is 3.72. The summed E-state index contributed by atoms with van der Waals surface area (Å²) in [6.07, 6.45) is 1.69. The van der Waals surface area contributed by atoms with Crippen LogP contribution in [0.15, 0.2) is 59.9 Å². The summed E-state index contributed by atoms with van der Waals surface area (Å²) in [5, 5.41) is 4.44. The molecule has 4 aromatic rings. The van der Waals surface area contributed by atoms with E-state index in [9.17, 15) is 13.2 Å². The highest BCUT2D eigenvalue weighted by molar-refractivity contribution is 7.99. The summed E-state index contributed by atoms with van der Waals surface area (Å²) in [6, 6.07) is 12.0. The van der Waals surface area contributed by atoms with Crippen LogP contribution in [0.5, 0.6) is 0 Å². The number of alkyl halides is 3. The molecule has 32 heavy (non-hydrogen) atoms. The van der Waals surface area contributed by atoms with E-state index in [2.05, 4.69) is 52.3 Å². The largest absolute Gasteiger partial charge is 0.273 e. The van der Waals surface area contributed by atoms with Crippen molar-refractivity contribution >= 4 is 22.8 Å². The first-order chi connectivity index (χ1) is 15.5. The molecule has 0 amide bonds. The summed E-state index contributed by atoms with van der Waals surface area (Å²) in [5.41, 5.74) is 4.16. The fraction of sp³-hybridized carbons (Fsp3) is 0.292. The van der Waals surface area contributed by atoms with Gasteiger partial charge in [0.1, 0.15) is 11.0 Å². The zero-order valence-corrected chi connectivity index (χ0v) is 18.2. The number of nitrogens with zero attached hydrogens (tertiary/aromatic N) is 4. The van der Waals surface area contributed by atoms with Crippen molar-refractivity contribution in [1.82, 2.24) is 19.7 Å². The van der Waals surface area contributed by atoms with Crippen LogP contribution in [0.3, 0.4) is 0 Å². The van der Waals surface area contributed by atoms with Crippen LogP contribution in [0.1, 0.15) is 43.0 Å². The van der Waals surface area contributed by atoms with Gasteiger partial charge in [-0.2, -0.15) is 5.10 Å². The first-order valence-corrected chi connectivity index (χ1v) is 11.5. The number of thioether (sulfide) groups is 1. The second-order valence-corrected chi connectivity index (χ2v) is 9.16. The lowest BCUT2D eigenvalue weighted by molar-refractivity contribution is 0.0495. The minimum Gasteiger partial charge on any atom is -0.253 e. The SMILES string of the molecule is CCSc1cc(-c2ccc(C3CC3)cc2)cnc1-n1cc2ncc(C(F)C(F)F)cc2n1. The topological polar surface area (TPSA) is 43.6 Å². The highest BCUT2D eigenvalue weighted by atomic mass is 32.2. The molecule has 1 saturated carbocycles. The van der Waals surface area contributed by atoms with Gasteiger partial charge in [0.05, 0.1) is 11.1 Å². The molecule has 8 heteroatoms. The highest BCUT2D eigenvalue weighted by Crippen LogP contribution is 2.40. The summed E-state index contributed by atoms with van der Waals surface area (Å²) >= 11 is 1.64. The van der Waals surface area contributed by atoms with Gasteiger partial charge in [0.2, 0.25) is 0 Å². The van der Waals surface area contributed by atoms with E-state index in [1.807, 2.05) is 0 Å². The van der Waals surface area contributed by atoms with Crippen LogP contribution in [0.25, 0.3) is 28.0 Å². The third-order valence-corrected chi connectivity index (χ3v) is 6.46. The van der Waals surface area contributed by atoms with E-state index in [0.717, 1.165) is 28.0 Å². The molecule has 0 bridgehead atoms. The van der Waals surface area contributed by atoms with Crippen LogP contribution in [-0.4, -0.2) is 31.9 Å². The molecule has 0 radical (unpaired) electrons. The Morgan fingerprint density at radius 3 is 2.47 bits per heavy atom. The molecule has 0 spiro atoms. The van der Waals surface area contributed by atoms with Gasteiger partial charge in [-0.05, 0) is 47.8 Å². The van der Waals surface area contributed by atoms with Crippen LogP contribution >= 0.6 is 11.8 Å². The zero-order chi connectivity index (χ0) is 22.2. The number of halogens is 3. The van der Waals surface area contributed by atoms with Crippen LogP contribution in [-0.2, 0) is 0 Å². The average molecular weight is 455 g/mol. The van der Waals surface area contributed by atoms with Gasteiger partial charge in [-0.15, -0.1) is 11.8 Å². The van der Waals surface area contributed by atoms with Gasteiger partial charge < -0.3 is 0 Å². The van der Waals surface area contributed by atoms with E-state index in [0.29, 0.717) is 22.8 Å². The summed E-state index contributed by atoms with van der Waals surface area (Å²) in [6.45, 7) is 2.06. The zero-order valence-electron chi connectivity index (χ0n) is 17.4. The molecule has 164 valence electrons. The maximum atomic E-state index is 13.7. The second-order valence-electron chi connectivity index (χ2n) is 7.86. The molecule has 1 aliphatic carbocycles. The lowest BCUT2D eigenvalue weighted by Gasteiger charge is -2.10. The molecule has 1 atom stereocenters. The molecule has 1 aliphatic rings. The van der Waals surface area contributed by atoms with Crippen molar-refractivity contribution in [1.29, 1.82) is 0 Å². The van der Waals surface area contributed by atoms with E-state index in [1.54, 1.807) is 28.8 Å². The lowest BCUT2D eigenvalue weighted by atomic mass is 10.0. The number of pyridine rings is 2. The summed E-state index contributed by atoms with van der Waals surface area (Å²) in [7, 11) is 0. The van der Waals surface area contributed by atoms with Crippen molar-refractivity contribution in [3.8, 4) is 16.9 Å². The summed E-state index contributed by atoms with van der Waals surface area (Å²) in [5.74, 6) is 2.19. The van der Waals surface area contributed by atoms with Crippen molar-refractivity contribution in [2.75, 3.05) is 5.75 Å². The lowest BCUT2D eigenvalue weighted by Crippen LogP contribution is -2.03. The normalized spacial score (nSPS) is 14.9. The predicted octanol–water partition coefficient (Wildman–Crippen LogP) is 6.75. The van der Waals surface area contributed by atoms with Crippen molar-refractivity contribution in [3.63, 3.8) is 0 Å². The van der Waals surface area contributed by atoms with Crippen LogP contribution in [0.4, 0.5) is 13.2 Å². The average Bonchev–Trinajstić information content (AvgIpc) is 3.57. The molecule has 0 N–H and O–H groups in total. The van der Waals surface area contributed by atoms with Crippen molar-refractivity contribution < 1.29 is 13.2 Å². The maximum absolute atomic E-state index is 13.7. The standard InChI is InChI=1S/C24H21F3N4S/c1-2-32-21-10-17(16-7-5-15(6-8-16)14-3-4-14)11-29-24(21)31-13-20-19(30-31)9-18(12-28-20)22(25)23(26)27/h5-14,22-23H,2-4H2,1H3. The smallest absolute Gasteiger partial charge is 0.253 e. The number of fused-ring (bicyclic) bond motifs is 1. The first kappa shape index (κ1) is 21.0. The summed E-state index contributed by atoms with van der Waals surface area (Å²) in [4.78, 5) is 9.71. The Labute approximate surface area is 187 Å². The molecular weight excluding hydrogens is 433 g/mol. The van der Waals surface area contributed by atoms with Crippen molar-refractivity contribution in [2.24, 2.45) is 0 Å². The minimum atomic E-state index is -3.10.